The lowest BCUT2D eigenvalue weighted by Gasteiger charge is -2.20. The van der Waals surface area contributed by atoms with Crippen molar-refractivity contribution in [2.24, 2.45) is 0 Å². The van der Waals surface area contributed by atoms with Crippen LogP contribution in [0.4, 0.5) is 5.00 Å². The summed E-state index contributed by atoms with van der Waals surface area (Å²) in [5, 5.41) is 14.2. The van der Waals surface area contributed by atoms with Gasteiger partial charge in [0.25, 0.3) is 5.56 Å². The summed E-state index contributed by atoms with van der Waals surface area (Å²) in [5.74, 6) is -0.280. The van der Waals surface area contributed by atoms with Gasteiger partial charge in [0.2, 0.25) is 5.91 Å². The number of nitrogens with zero attached hydrogens (tertiary/aromatic N) is 2. The number of aryl methyl sites for hydroxylation is 4. The Bertz CT molecular complexity index is 1280. The number of nitrogens with one attached hydrogen (secondary N) is 1. The van der Waals surface area contributed by atoms with Crippen molar-refractivity contribution in [3.05, 3.63) is 61.2 Å². The number of benzene rings is 1. The van der Waals surface area contributed by atoms with Gasteiger partial charge in [-0.05, 0) is 76.1 Å². The molecule has 4 rings (SSSR count). The topological polar surface area (TPSA) is 74.9 Å². The van der Waals surface area contributed by atoms with Crippen LogP contribution >= 0.6 is 11.3 Å². The van der Waals surface area contributed by atoms with E-state index < -0.39 is 6.04 Å². The molecule has 154 valence electrons. The molecule has 1 unspecified atom stereocenters. The van der Waals surface area contributed by atoms with E-state index >= 15 is 0 Å². The zero-order valence-electron chi connectivity index (χ0n) is 17.8. The third kappa shape index (κ3) is 3.33. The first-order valence-electron chi connectivity index (χ1n) is 10.3. The standard InChI is InChI=1S/C24H25N3O2S/c1-13-9-15(3)22-18(10-13)14(2)11-21(28)27(22)16(4)23(29)26-24-19(12-25)17-7-5-6-8-20(17)30-24/h9-11,16H,5-8H2,1-4H3,(H,26,29). The minimum Gasteiger partial charge on any atom is -0.315 e. The Morgan fingerprint density at radius 2 is 1.90 bits per heavy atom. The van der Waals surface area contributed by atoms with Crippen molar-refractivity contribution in [3.8, 4) is 6.07 Å². The SMILES string of the molecule is Cc1cc(C)c2c(c1)c(C)cc(=O)n2C(C)C(=O)Nc1sc2c(c1C#N)CCCC2. The van der Waals surface area contributed by atoms with Crippen molar-refractivity contribution in [2.75, 3.05) is 5.32 Å². The second kappa shape index (κ2) is 7.73. The van der Waals surface area contributed by atoms with Crippen molar-refractivity contribution < 1.29 is 4.79 Å². The Balaban J connectivity index is 1.76. The monoisotopic (exact) mass is 419 g/mol. The molecule has 0 fully saturated rings. The molecule has 1 N–H and O–H groups in total. The normalized spacial score (nSPS) is 14.2. The van der Waals surface area contributed by atoms with Crippen LogP contribution in [0.2, 0.25) is 0 Å². The molecular weight excluding hydrogens is 394 g/mol. The van der Waals surface area contributed by atoms with Gasteiger partial charge in [0.1, 0.15) is 17.1 Å². The molecule has 30 heavy (non-hydrogen) atoms. The number of anilines is 1. The highest BCUT2D eigenvalue weighted by Crippen LogP contribution is 2.38. The molecule has 1 amide bonds. The van der Waals surface area contributed by atoms with Gasteiger partial charge in [-0.3, -0.25) is 14.2 Å². The highest BCUT2D eigenvalue weighted by Gasteiger charge is 2.25. The first-order chi connectivity index (χ1) is 14.3. The van der Waals surface area contributed by atoms with Gasteiger partial charge in [-0.15, -0.1) is 11.3 Å². The number of hydrogen-bond acceptors (Lipinski definition) is 4. The quantitative estimate of drug-likeness (QED) is 0.653. The second-order valence-electron chi connectivity index (χ2n) is 8.21. The van der Waals surface area contributed by atoms with Crippen molar-refractivity contribution in [3.63, 3.8) is 0 Å². The van der Waals surface area contributed by atoms with Gasteiger partial charge in [-0.2, -0.15) is 5.26 Å². The summed E-state index contributed by atoms with van der Waals surface area (Å²) < 4.78 is 1.58. The third-order valence-electron chi connectivity index (χ3n) is 5.97. The maximum absolute atomic E-state index is 13.2. The number of thiophene rings is 1. The van der Waals surface area contributed by atoms with Crippen LogP contribution in [-0.2, 0) is 17.6 Å². The molecule has 0 aliphatic heterocycles. The van der Waals surface area contributed by atoms with Crippen LogP contribution in [-0.4, -0.2) is 10.5 Å². The average Bonchev–Trinajstić information content (AvgIpc) is 3.05. The lowest BCUT2D eigenvalue weighted by Crippen LogP contribution is -2.32. The van der Waals surface area contributed by atoms with Crippen LogP contribution in [0.5, 0.6) is 0 Å². The lowest BCUT2D eigenvalue weighted by atomic mass is 9.96. The second-order valence-corrected chi connectivity index (χ2v) is 9.31. The summed E-state index contributed by atoms with van der Waals surface area (Å²) in [5.41, 5.74) is 5.26. The van der Waals surface area contributed by atoms with E-state index in [9.17, 15) is 14.9 Å². The molecule has 0 saturated carbocycles. The molecule has 5 nitrogen and oxygen atoms in total. The summed E-state index contributed by atoms with van der Waals surface area (Å²) in [6, 6.07) is 7.26. The molecule has 1 aliphatic rings. The summed E-state index contributed by atoms with van der Waals surface area (Å²) in [7, 11) is 0. The zero-order chi connectivity index (χ0) is 21.6. The first kappa shape index (κ1) is 20.4. The van der Waals surface area contributed by atoms with Crippen molar-refractivity contribution in [1.82, 2.24) is 4.57 Å². The molecule has 0 radical (unpaired) electrons. The number of hydrogen-bond donors (Lipinski definition) is 1. The zero-order valence-corrected chi connectivity index (χ0v) is 18.6. The molecule has 3 aromatic rings. The van der Waals surface area contributed by atoms with Gasteiger partial charge in [0.05, 0.1) is 11.1 Å². The maximum atomic E-state index is 13.2. The summed E-state index contributed by atoms with van der Waals surface area (Å²) in [6.07, 6.45) is 4.04. The number of carbonyl (C=O) groups is 1. The van der Waals surface area contributed by atoms with Gasteiger partial charge < -0.3 is 5.32 Å². The minimum absolute atomic E-state index is 0.194. The molecule has 0 saturated heterocycles. The summed E-state index contributed by atoms with van der Waals surface area (Å²) in [6.45, 7) is 7.66. The Hall–Kier alpha value is -2.91. The van der Waals surface area contributed by atoms with E-state index in [0.717, 1.165) is 58.8 Å². The number of fused-ring (bicyclic) bond motifs is 2. The Morgan fingerprint density at radius 1 is 1.17 bits per heavy atom. The van der Waals surface area contributed by atoms with Crippen molar-refractivity contribution in [1.29, 1.82) is 5.26 Å². The average molecular weight is 420 g/mol. The van der Waals surface area contributed by atoms with Crippen LogP contribution in [0.3, 0.4) is 0 Å². The van der Waals surface area contributed by atoms with Crippen molar-refractivity contribution in [2.45, 2.75) is 59.4 Å². The molecule has 0 bridgehead atoms. The molecule has 1 atom stereocenters. The Labute approximate surface area is 180 Å². The maximum Gasteiger partial charge on any atom is 0.252 e. The van der Waals surface area contributed by atoms with Gasteiger partial charge >= 0.3 is 0 Å². The highest BCUT2D eigenvalue weighted by molar-refractivity contribution is 7.16. The fourth-order valence-electron chi connectivity index (χ4n) is 4.51. The molecule has 2 aromatic heterocycles. The lowest BCUT2D eigenvalue weighted by molar-refractivity contribution is -0.118. The fraction of sp³-hybridized carbons (Fsp3) is 0.375. The van der Waals surface area contributed by atoms with Gasteiger partial charge in [0, 0.05) is 16.3 Å². The molecule has 1 aliphatic carbocycles. The van der Waals surface area contributed by atoms with Crippen LogP contribution < -0.4 is 10.9 Å². The number of pyridine rings is 1. The van der Waals surface area contributed by atoms with Crippen LogP contribution in [0.25, 0.3) is 10.9 Å². The Morgan fingerprint density at radius 3 is 2.63 bits per heavy atom. The fourth-order valence-corrected chi connectivity index (χ4v) is 5.76. The number of carbonyl (C=O) groups excluding carboxylic acids is 1. The predicted octanol–water partition coefficient (Wildman–Crippen LogP) is 4.94. The third-order valence-corrected chi connectivity index (χ3v) is 7.18. The first-order valence-corrected chi connectivity index (χ1v) is 11.1. The van der Waals surface area contributed by atoms with E-state index in [1.807, 2.05) is 26.8 Å². The van der Waals surface area contributed by atoms with E-state index in [4.69, 9.17) is 0 Å². The molecule has 0 spiro atoms. The van der Waals surface area contributed by atoms with E-state index in [1.54, 1.807) is 17.6 Å². The van der Waals surface area contributed by atoms with Gasteiger partial charge in [0.15, 0.2) is 0 Å². The number of aromatic nitrogens is 1. The van der Waals surface area contributed by atoms with Crippen LogP contribution in [0.15, 0.2) is 23.0 Å². The van der Waals surface area contributed by atoms with Crippen molar-refractivity contribution >= 4 is 33.1 Å². The number of nitriles is 1. The van der Waals surface area contributed by atoms with E-state index in [-0.39, 0.29) is 11.5 Å². The van der Waals surface area contributed by atoms with Gasteiger partial charge in [-0.25, -0.2) is 0 Å². The van der Waals surface area contributed by atoms with E-state index in [1.165, 1.54) is 16.2 Å². The summed E-state index contributed by atoms with van der Waals surface area (Å²) >= 11 is 1.50. The smallest absolute Gasteiger partial charge is 0.252 e. The molecule has 1 aromatic carbocycles. The van der Waals surface area contributed by atoms with Crippen LogP contribution in [0, 0.1) is 32.1 Å². The largest absolute Gasteiger partial charge is 0.315 e. The van der Waals surface area contributed by atoms with E-state index in [0.29, 0.717) is 10.6 Å². The molecule has 6 heteroatoms. The Kier molecular flexibility index (Phi) is 5.25. The highest BCUT2D eigenvalue weighted by atomic mass is 32.1. The van der Waals surface area contributed by atoms with Crippen LogP contribution in [0.1, 0.15) is 58.5 Å². The predicted molar refractivity (Wildman–Crippen MR) is 121 cm³/mol. The molecular formula is C24H25N3O2S. The number of rotatable bonds is 3. The number of amides is 1. The molecule has 2 heterocycles. The van der Waals surface area contributed by atoms with Gasteiger partial charge in [-0.1, -0.05) is 11.6 Å². The van der Waals surface area contributed by atoms with E-state index in [2.05, 4.69) is 17.5 Å². The summed E-state index contributed by atoms with van der Waals surface area (Å²) in [4.78, 5) is 27.3. The minimum atomic E-state index is -0.701.